The molecule has 0 spiro atoms. The first-order chi connectivity index (χ1) is 34.5. The van der Waals surface area contributed by atoms with Crippen LogP contribution in [0.2, 0.25) is 0 Å². The van der Waals surface area contributed by atoms with Gasteiger partial charge < -0.3 is 14.2 Å². The molecule has 0 N–H and O–H groups in total. The fourth-order valence-corrected chi connectivity index (χ4v) is 7.40. The van der Waals surface area contributed by atoms with Crippen LogP contribution in [0.3, 0.4) is 0 Å². The van der Waals surface area contributed by atoms with E-state index in [0.717, 1.165) is 109 Å². The van der Waals surface area contributed by atoms with Gasteiger partial charge in [0.1, 0.15) is 13.2 Å². The number of hydrogen-bond acceptors (Lipinski definition) is 6. The van der Waals surface area contributed by atoms with Crippen molar-refractivity contribution in [3.8, 4) is 0 Å². The summed E-state index contributed by atoms with van der Waals surface area (Å²) in [6.45, 7) is 6.38. The second kappa shape index (κ2) is 57.4. The Labute approximate surface area is 431 Å². The lowest BCUT2D eigenvalue weighted by molar-refractivity contribution is -0.166. The minimum Gasteiger partial charge on any atom is -0.462 e. The summed E-state index contributed by atoms with van der Waals surface area (Å²) in [4.78, 5) is 38.1. The molecule has 0 heterocycles. The third-order valence-corrected chi connectivity index (χ3v) is 11.7. The molecule has 0 amide bonds. The van der Waals surface area contributed by atoms with Crippen LogP contribution in [0.4, 0.5) is 0 Å². The average Bonchev–Trinajstić information content (AvgIpc) is 3.36. The fraction of sp³-hybridized carbons (Fsp3) is 0.641. The Morgan fingerprint density at radius 3 is 1.00 bits per heavy atom. The average molecular weight is 970 g/mol. The van der Waals surface area contributed by atoms with Crippen molar-refractivity contribution in [2.45, 2.75) is 252 Å². The maximum absolute atomic E-state index is 12.9. The Morgan fingerprint density at radius 1 is 0.300 bits per heavy atom. The van der Waals surface area contributed by atoms with Crippen LogP contribution in [-0.2, 0) is 28.6 Å². The zero-order chi connectivity index (χ0) is 50.7. The molecule has 0 rings (SSSR count). The molecule has 0 fully saturated rings. The van der Waals surface area contributed by atoms with Crippen LogP contribution in [-0.4, -0.2) is 37.2 Å². The highest BCUT2D eigenvalue weighted by molar-refractivity contribution is 5.71. The van der Waals surface area contributed by atoms with E-state index in [1.807, 2.05) is 6.08 Å². The molecule has 0 radical (unpaired) electrons. The van der Waals surface area contributed by atoms with Gasteiger partial charge in [0, 0.05) is 19.3 Å². The number of allylic oxidation sites excluding steroid dienone is 20. The molecule has 0 aliphatic carbocycles. The summed E-state index contributed by atoms with van der Waals surface area (Å²) in [5.74, 6) is -1.02. The summed E-state index contributed by atoms with van der Waals surface area (Å²) >= 11 is 0. The third kappa shape index (κ3) is 54.7. The lowest BCUT2D eigenvalue weighted by Crippen LogP contribution is -2.30. The predicted molar refractivity (Wildman–Crippen MR) is 302 cm³/mol. The number of carbonyl (C=O) groups excluding carboxylic acids is 3. The third-order valence-electron chi connectivity index (χ3n) is 11.7. The summed E-state index contributed by atoms with van der Waals surface area (Å²) in [6, 6.07) is 0. The molecule has 0 saturated heterocycles. The number of carbonyl (C=O) groups is 3. The lowest BCUT2D eigenvalue weighted by atomic mass is 10.1. The molecule has 396 valence electrons. The molecule has 0 aromatic heterocycles. The molecule has 0 saturated carbocycles. The van der Waals surface area contributed by atoms with Crippen molar-refractivity contribution >= 4 is 17.9 Å². The van der Waals surface area contributed by atoms with Gasteiger partial charge in [-0.25, -0.2) is 0 Å². The van der Waals surface area contributed by atoms with Crippen molar-refractivity contribution in [3.05, 3.63) is 122 Å². The fourth-order valence-electron chi connectivity index (χ4n) is 7.40. The first-order valence-corrected chi connectivity index (χ1v) is 28.5. The first kappa shape index (κ1) is 65.8. The van der Waals surface area contributed by atoms with Gasteiger partial charge in [-0.3, -0.25) is 14.4 Å². The molecule has 70 heavy (non-hydrogen) atoms. The van der Waals surface area contributed by atoms with E-state index in [0.29, 0.717) is 19.3 Å². The van der Waals surface area contributed by atoms with E-state index < -0.39 is 6.10 Å². The number of unbranched alkanes of at least 4 members (excludes halogenated alkanes) is 19. The molecule has 0 aliphatic rings. The SMILES string of the molecule is CC/C=C\C/C=C\C/C=C\C/C=C\C/C=C\C/C=C\CCC(=O)OCC(COC(=O)CCCCCCC/C=C\C/C=C\CCCC)OC(=O)CCCCCCCCCCC/C=C\C/C=C\CCCCC. The normalized spacial score (nSPS) is 13.0. The Kier molecular flexibility index (Phi) is 54.0. The standard InChI is InChI=1S/C64H104O6/c1-4-7-10-13-16-19-22-25-28-30-32-34-36-39-42-45-48-51-54-57-63(66)69-60-61(59-68-62(65)56-53-50-47-44-41-38-27-24-21-18-15-12-9-6-3)70-64(67)58-55-52-49-46-43-40-37-35-33-31-29-26-23-20-17-14-11-8-5-2/h7,10,15-20,24-29,32,34,39,42,48,51,61H,4-6,8-9,11-14,21-23,30-31,33,35-38,40-41,43-47,49-50,52-60H2,1-3H3/b10-7-,18-15-,19-16-,20-17-,27-24-,28-25-,29-26-,34-32-,42-39-,51-48-. The number of rotatable bonds is 50. The van der Waals surface area contributed by atoms with Gasteiger partial charge in [0.15, 0.2) is 6.10 Å². The summed E-state index contributed by atoms with van der Waals surface area (Å²) in [6.07, 6.45) is 79.1. The Morgan fingerprint density at radius 2 is 0.600 bits per heavy atom. The van der Waals surface area contributed by atoms with Crippen LogP contribution >= 0.6 is 0 Å². The minimum atomic E-state index is -0.821. The highest BCUT2D eigenvalue weighted by Gasteiger charge is 2.19. The van der Waals surface area contributed by atoms with Crippen molar-refractivity contribution in [2.75, 3.05) is 13.2 Å². The largest absolute Gasteiger partial charge is 0.462 e. The summed E-state index contributed by atoms with van der Waals surface area (Å²) in [5.41, 5.74) is 0. The van der Waals surface area contributed by atoms with Crippen molar-refractivity contribution in [2.24, 2.45) is 0 Å². The highest BCUT2D eigenvalue weighted by atomic mass is 16.6. The molecule has 1 atom stereocenters. The molecule has 0 aromatic rings. The van der Waals surface area contributed by atoms with Crippen LogP contribution < -0.4 is 0 Å². The summed E-state index contributed by atoms with van der Waals surface area (Å²) < 4.78 is 16.8. The van der Waals surface area contributed by atoms with Crippen molar-refractivity contribution in [3.63, 3.8) is 0 Å². The van der Waals surface area contributed by atoms with Crippen LogP contribution in [0.5, 0.6) is 0 Å². The van der Waals surface area contributed by atoms with Gasteiger partial charge in [-0.05, 0) is 116 Å². The molecule has 0 bridgehead atoms. The molecule has 6 heteroatoms. The molecule has 0 aromatic carbocycles. The van der Waals surface area contributed by atoms with Crippen molar-refractivity contribution < 1.29 is 28.6 Å². The van der Waals surface area contributed by atoms with E-state index in [4.69, 9.17) is 14.2 Å². The van der Waals surface area contributed by atoms with Crippen LogP contribution in [0.15, 0.2) is 122 Å². The zero-order valence-electron chi connectivity index (χ0n) is 45.2. The number of esters is 3. The second-order valence-corrected chi connectivity index (χ2v) is 18.5. The zero-order valence-corrected chi connectivity index (χ0v) is 45.2. The van der Waals surface area contributed by atoms with Crippen LogP contribution in [0, 0.1) is 0 Å². The first-order valence-electron chi connectivity index (χ1n) is 28.5. The van der Waals surface area contributed by atoms with E-state index in [9.17, 15) is 14.4 Å². The minimum absolute atomic E-state index is 0.113. The van der Waals surface area contributed by atoms with Gasteiger partial charge in [-0.15, -0.1) is 0 Å². The van der Waals surface area contributed by atoms with E-state index in [1.165, 1.54) is 89.9 Å². The van der Waals surface area contributed by atoms with Gasteiger partial charge >= 0.3 is 17.9 Å². The Bertz CT molecular complexity index is 1490. The van der Waals surface area contributed by atoms with E-state index in [2.05, 4.69) is 136 Å². The summed E-state index contributed by atoms with van der Waals surface area (Å²) in [5, 5.41) is 0. The molecule has 6 nitrogen and oxygen atoms in total. The quantitative estimate of drug-likeness (QED) is 0.0262. The highest BCUT2D eigenvalue weighted by Crippen LogP contribution is 2.14. The smallest absolute Gasteiger partial charge is 0.306 e. The predicted octanol–water partition coefficient (Wildman–Crippen LogP) is 19.3. The number of hydrogen-bond donors (Lipinski definition) is 0. The molecule has 0 aliphatic heterocycles. The van der Waals surface area contributed by atoms with Gasteiger partial charge in [0.25, 0.3) is 0 Å². The molecular weight excluding hydrogens is 865 g/mol. The van der Waals surface area contributed by atoms with Gasteiger partial charge in [-0.2, -0.15) is 0 Å². The van der Waals surface area contributed by atoms with Crippen molar-refractivity contribution in [1.29, 1.82) is 0 Å². The number of ether oxygens (including phenoxy) is 3. The van der Waals surface area contributed by atoms with Crippen molar-refractivity contribution in [1.82, 2.24) is 0 Å². The van der Waals surface area contributed by atoms with Crippen LogP contribution in [0.1, 0.15) is 245 Å². The van der Waals surface area contributed by atoms with Gasteiger partial charge in [0.2, 0.25) is 0 Å². The van der Waals surface area contributed by atoms with E-state index in [-0.39, 0.29) is 37.5 Å². The van der Waals surface area contributed by atoms with E-state index in [1.54, 1.807) is 0 Å². The van der Waals surface area contributed by atoms with Gasteiger partial charge in [-0.1, -0.05) is 232 Å². The molecule has 1 unspecified atom stereocenters. The van der Waals surface area contributed by atoms with Gasteiger partial charge in [0.05, 0.1) is 0 Å². The van der Waals surface area contributed by atoms with E-state index >= 15 is 0 Å². The maximum atomic E-state index is 12.9. The van der Waals surface area contributed by atoms with Crippen LogP contribution in [0.25, 0.3) is 0 Å². The Hall–Kier alpha value is -4.19. The lowest BCUT2D eigenvalue weighted by Gasteiger charge is -2.18. The topological polar surface area (TPSA) is 78.9 Å². The Balaban J connectivity index is 4.53. The maximum Gasteiger partial charge on any atom is 0.306 e. The molecular formula is C64H104O6. The summed E-state index contributed by atoms with van der Waals surface area (Å²) in [7, 11) is 0. The monoisotopic (exact) mass is 969 g/mol. The second-order valence-electron chi connectivity index (χ2n) is 18.5.